The van der Waals surface area contributed by atoms with Crippen LogP contribution in [0.2, 0.25) is 0 Å². The number of sulfonamides is 1. The highest BCUT2D eigenvalue weighted by Crippen LogP contribution is 2.16. The van der Waals surface area contributed by atoms with Crippen LogP contribution in [0.5, 0.6) is 5.75 Å². The molecule has 0 saturated heterocycles. The number of hydrogen-bond donors (Lipinski definition) is 3. The molecule has 0 aliphatic rings. The van der Waals surface area contributed by atoms with Crippen LogP contribution in [-0.4, -0.2) is 33.9 Å². The molecule has 0 atom stereocenters. The first-order chi connectivity index (χ1) is 12.3. The number of carbonyl (C=O) groups excluding carboxylic acids is 2. The van der Waals surface area contributed by atoms with Crippen LogP contribution in [0.15, 0.2) is 53.4 Å². The number of methoxy groups -OCH3 is 1. The van der Waals surface area contributed by atoms with E-state index >= 15 is 0 Å². The van der Waals surface area contributed by atoms with Gasteiger partial charge in [-0.2, -0.15) is 0 Å². The number of anilines is 2. The molecule has 0 radical (unpaired) electrons. The maximum Gasteiger partial charge on any atom is 0.241 e. The molecule has 0 aliphatic carbocycles. The molecular weight excluding hydrogens is 358 g/mol. The van der Waals surface area contributed by atoms with Crippen molar-refractivity contribution in [1.29, 1.82) is 0 Å². The largest absolute Gasteiger partial charge is 0.497 e. The minimum atomic E-state index is -3.82. The molecule has 8 nitrogen and oxygen atoms in total. The van der Waals surface area contributed by atoms with E-state index in [0.29, 0.717) is 17.1 Å². The second-order valence-corrected chi connectivity index (χ2v) is 7.08. The Morgan fingerprint density at radius 2 is 1.62 bits per heavy atom. The summed E-state index contributed by atoms with van der Waals surface area (Å²) in [6.45, 7) is 0.942. The van der Waals surface area contributed by atoms with Gasteiger partial charge in [0.25, 0.3) is 0 Å². The summed E-state index contributed by atoms with van der Waals surface area (Å²) in [5.41, 5.74) is 0.957. The highest BCUT2D eigenvalue weighted by atomic mass is 32.2. The molecule has 138 valence electrons. The van der Waals surface area contributed by atoms with Crippen molar-refractivity contribution in [3.05, 3.63) is 48.5 Å². The van der Waals surface area contributed by atoms with Crippen molar-refractivity contribution in [2.75, 3.05) is 24.3 Å². The Hall–Kier alpha value is -2.91. The highest BCUT2D eigenvalue weighted by Gasteiger charge is 2.15. The van der Waals surface area contributed by atoms with Crippen molar-refractivity contribution in [2.24, 2.45) is 0 Å². The molecule has 9 heteroatoms. The summed E-state index contributed by atoms with van der Waals surface area (Å²) in [5.74, 6) is -0.247. The number of ether oxygens (including phenoxy) is 1. The van der Waals surface area contributed by atoms with Gasteiger partial charge < -0.3 is 15.4 Å². The van der Waals surface area contributed by atoms with E-state index in [4.69, 9.17) is 4.74 Å². The molecule has 0 saturated carbocycles. The Balaban J connectivity index is 1.96. The van der Waals surface area contributed by atoms with Crippen molar-refractivity contribution in [1.82, 2.24) is 4.72 Å². The van der Waals surface area contributed by atoms with Gasteiger partial charge in [0.2, 0.25) is 21.8 Å². The summed E-state index contributed by atoms with van der Waals surface area (Å²) < 4.78 is 31.6. The third-order valence-electron chi connectivity index (χ3n) is 3.26. The molecule has 0 fully saturated rings. The first-order valence-electron chi connectivity index (χ1n) is 7.61. The zero-order valence-electron chi connectivity index (χ0n) is 14.3. The van der Waals surface area contributed by atoms with Gasteiger partial charge in [-0.1, -0.05) is 6.07 Å². The third kappa shape index (κ3) is 5.57. The molecule has 3 N–H and O–H groups in total. The second kappa shape index (κ2) is 8.45. The summed E-state index contributed by atoms with van der Waals surface area (Å²) in [6.07, 6.45) is 0. The SMILES string of the molecule is COc1ccc(S(=O)(=O)NCC(=O)Nc2cccc(NC(C)=O)c2)cc1. The van der Waals surface area contributed by atoms with E-state index in [1.54, 1.807) is 24.3 Å². The summed E-state index contributed by atoms with van der Waals surface area (Å²) in [5, 5.41) is 5.15. The van der Waals surface area contributed by atoms with E-state index in [1.807, 2.05) is 0 Å². The molecule has 0 unspecified atom stereocenters. The molecule has 2 rings (SSSR count). The molecule has 2 aromatic rings. The van der Waals surface area contributed by atoms with Crippen LogP contribution in [0.4, 0.5) is 11.4 Å². The molecule has 2 aromatic carbocycles. The zero-order chi connectivity index (χ0) is 19.2. The van der Waals surface area contributed by atoms with Crippen molar-refractivity contribution in [3.8, 4) is 5.75 Å². The maximum absolute atomic E-state index is 12.2. The van der Waals surface area contributed by atoms with Gasteiger partial charge in [0.05, 0.1) is 18.6 Å². The number of carbonyl (C=O) groups is 2. The minimum absolute atomic E-state index is 0.0266. The first-order valence-corrected chi connectivity index (χ1v) is 9.10. The summed E-state index contributed by atoms with van der Waals surface area (Å²) in [6, 6.07) is 12.3. The van der Waals surface area contributed by atoms with Gasteiger partial charge in [0.1, 0.15) is 5.75 Å². The van der Waals surface area contributed by atoms with E-state index in [2.05, 4.69) is 15.4 Å². The molecule has 0 spiro atoms. The first kappa shape index (κ1) is 19.4. The summed E-state index contributed by atoms with van der Waals surface area (Å²) >= 11 is 0. The number of nitrogens with one attached hydrogen (secondary N) is 3. The van der Waals surface area contributed by atoms with Gasteiger partial charge in [0, 0.05) is 18.3 Å². The van der Waals surface area contributed by atoms with Crippen LogP contribution in [-0.2, 0) is 19.6 Å². The lowest BCUT2D eigenvalue weighted by Crippen LogP contribution is -2.32. The third-order valence-corrected chi connectivity index (χ3v) is 4.68. The smallest absolute Gasteiger partial charge is 0.241 e. The Morgan fingerprint density at radius 1 is 1.00 bits per heavy atom. The standard InChI is InChI=1S/C17H19N3O5S/c1-12(21)19-13-4-3-5-14(10-13)20-17(22)11-18-26(23,24)16-8-6-15(25-2)7-9-16/h3-10,18H,11H2,1-2H3,(H,19,21)(H,20,22). The number of amides is 2. The molecule has 26 heavy (non-hydrogen) atoms. The van der Waals surface area contributed by atoms with Crippen LogP contribution in [0, 0.1) is 0 Å². The minimum Gasteiger partial charge on any atom is -0.497 e. The predicted molar refractivity (Wildman–Crippen MR) is 97.6 cm³/mol. The van der Waals surface area contributed by atoms with Gasteiger partial charge in [-0.3, -0.25) is 9.59 Å². The van der Waals surface area contributed by atoms with Gasteiger partial charge >= 0.3 is 0 Å². The molecule has 0 heterocycles. The molecule has 0 aromatic heterocycles. The van der Waals surface area contributed by atoms with E-state index in [9.17, 15) is 18.0 Å². The van der Waals surface area contributed by atoms with Crippen LogP contribution >= 0.6 is 0 Å². The lowest BCUT2D eigenvalue weighted by Gasteiger charge is -2.09. The lowest BCUT2D eigenvalue weighted by atomic mass is 10.2. The van der Waals surface area contributed by atoms with Crippen molar-refractivity contribution in [3.63, 3.8) is 0 Å². The second-order valence-electron chi connectivity index (χ2n) is 5.31. The fraction of sp³-hybridized carbons (Fsp3) is 0.176. The van der Waals surface area contributed by atoms with Crippen LogP contribution < -0.4 is 20.1 Å². The number of benzene rings is 2. The van der Waals surface area contributed by atoms with Crippen LogP contribution in [0.25, 0.3) is 0 Å². The maximum atomic E-state index is 12.2. The molecule has 0 bridgehead atoms. The fourth-order valence-corrected chi connectivity index (χ4v) is 3.06. The van der Waals surface area contributed by atoms with Crippen molar-refractivity contribution < 1.29 is 22.7 Å². The Morgan fingerprint density at radius 3 is 2.19 bits per heavy atom. The summed E-state index contributed by atoms with van der Waals surface area (Å²) in [4.78, 5) is 23.1. The van der Waals surface area contributed by atoms with E-state index in [1.165, 1.54) is 38.3 Å². The average molecular weight is 377 g/mol. The average Bonchev–Trinajstić information content (AvgIpc) is 2.60. The number of rotatable bonds is 7. The fourth-order valence-electron chi connectivity index (χ4n) is 2.08. The van der Waals surface area contributed by atoms with Crippen LogP contribution in [0.3, 0.4) is 0 Å². The molecular formula is C17H19N3O5S. The topological polar surface area (TPSA) is 114 Å². The normalized spacial score (nSPS) is 10.8. The Bertz CT molecular complexity index is 895. The van der Waals surface area contributed by atoms with E-state index < -0.39 is 22.5 Å². The summed E-state index contributed by atoms with van der Waals surface area (Å²) in [7, 11) is -2.34. The van der Waals surface area contributed by atoms with Crippen molar-refractivity contribution in [2.45, 2.75) is 11.8 Å². The van der Waals surface area contributed by atoms with Gasteiger partial charge in [-0.05, 0) is 42.5 Å². The number of hydrogen-bond acceptors (Lipinski definition) is 5. The Kier molecular flexibility index (Phi) is 6.31. The van der Waals surface area contributed by atoms with Crippen molar-refractivity contribution >= 4 is 33.2 Å². The van der Waals surface area contributed by atoms with Gasteiger partial charge in [-0.15, -0.1) is 0 Å². The Labute approximate surface area is 151 Å². The van der Waals surface area contributed by atoms with E-state index in [-0.39, 0.29) is 10.8 Å². The van der Waals surface area contributed by atoms with E-state index in [0.717, 1.165) is 0 Å². The van der Waals surface area contributed by atoms with Gasteiger partial charge in [0.15, 0.2) is 0 Å². The monoisotopic (exact) mass is 377 g/mol. The zero-order valence-corrected chi connectivity index (χ0v) is 15.1. The lowest BCUT2D eigenvalue weighted by molar-refractivity contribution is -0.115. The highest BCUT2D eigenvalue weighted by molar-refractivity contribution is 7.89. The van der Waals surface area contributed by atoms with Crippen LogP contribution in [0.1, 0.15) is 6.92 Å². The van der Waals surface area contributed by atoms with Gasteiger partial charge in [-0.25, -0.2) is 13.1 Å². The molecule has 2 amide bonds. The molecule has 0 aliphatic heterocycles. The quantitative estimate of drug-likeness (QED) is 0.678. The predicted octanol–water partition coefficient (Wildman–Crippen LogP) is 1.57.